The van der Waals surface area contributed by atoms with Crippen molar-refractivity contribution in [2.24, 2.45) is 0 Å². The van der Waals surface area contributed by atoms with Crippen LogP contribution < -0.4 is 11.2 Å². The lowest BCUT2D eigenvalue weighted by Gasteiger charge is -2.15. The van der Waals surface area contributed by atoms with Gasteiger partial charge in [-0.3, -0.25) is 19.2 Å². The van der Waals surface area contributed by atoms with Crippen LogP contribution in [0.1, 0.15) is 25.1 Å². The molecule has 6 atom stereocenters. The molecule has 16 nitrogen and oxygen atoms in total. The summed E-state index contributed by atoms with van der Waals surface area (Å²) >= 11 is 0. The first-order valence-electron chi connectivity index (χ1n) is 8.05. The van der Waals surface area contributed by atoms with Crippen LogP contribution in [0.15, 0.2) is 15.8 Å². The molecular weight excluding hydrogens is 477 g/mol. The lowest BCUT2D eigenvalue weighted by Crippen LogP contribution is -2.34. The average molecular weight is 495 g/mol. The summed E-state index contributed by atoms with van der Waals surface area (Å²) in [5, 5.41) is 18.1. The number of aliphatic hydroxyl groups excluding tert-OH is 1. The quantitative estimate of drug-likeness (QED) is 0.165. The number of phosphoric acid groups is 2. The largest absolute Gasteiger partial charge is 0.708 e. The SMILES string of the molecule is CCc1cn([C@@H]2C[C@H](O)[C@@H](CO[P+](=O)OP(=O)(O)OP(=O)(O)OO)O2)c(=O)[nH]c1=O. The van der Waals surface area contributed by atoms with Crippen molar-refractivity contribution in [2.45, 2.75) is 38.2 Å². The van der Waals surface area contributed by atoms with E-state index in [9.17, 15) is 28.4 Å². The molecule has 3 unspecified atom stereocenters. The van der Waals surface area contributed by atoms with Gasteiger partial charge in [0, 0.05) is 22.7 Å². The smallest absolute Gasteiger partial charge is 0.390 e. The molecule has 0 bridgehead atoms. The molecule has 0 spiro atoms. The summed E-state index contributed by atoms with van der Waals surface area (Å²) in [5.41, 5.74) is -1.03. The molecule has 1 fully saturated rings. The van der Waals surface area contributed by atoms with E-state index in [0.717, 1.165) is 4.57 Å². The highest BCUT2D eigenvalue weighted by atomic mass is 31.3. The van der Waals surface area contributed by atoms with Gasteiger partial charge in [0.25, 0.3) is 5.56 Å². The lowest BCUT2D eigenvalue weighted by molar-refractivity contribution is -0.157. The monoisotopic (exact) mass is 495 g/mol. The number of nitrogens with one attached hydrogen (secondary N) is 1. The summed E-state index contributed by atoms with van der Waals surface area (Å²) in [6, 6.07) is 0. The van der Waals surface area contributed by atoms with Crippen molar-refractivity contribution < 1.29 is 56.4 Å². The lowest BCUT2D eigenvalue weighted by atomic mass is 10.2. The normalized spacial score (nSPS) is 26.2. The third kappa shape index (κ3) is 6.69. The molecule has 1 aliphatic rings. The van der Waals surface area contributed by atoms with E-state index in [2.05, 4.69) is 22.8 Å². The van der Waals surface area contributed by atoms with E-state index in [1.807, 2.05) is 0 Å². The minimum atomic E-state index is -5.43. The summed E-state index contributed by atoms with van der Waals surface area (Å²) in [5.74, 6) is 0. The Morgan fingerprint density at radius 3 is 2.60 bits per heavy atom. The summed E-state index contributed by atoms with van der Waals surface area (Å²) in [4.78, 5) is 43.6. The minimum Gasteiger partial charge on any atom is -0.390 e. The Morgan fingerprint density at radius 1 is 1.33 bits per heavy atom. The number of hydrogen-bond donors (Lipinski definition) is 5. The van der Waals surface area contributed by atoms with E-state index in [1.54, 1.807) is 6.92 Å². The van der Waals surface area contributed by atoms with E-state index in [1.165, 1.54) is 6.20 Å². The third-order valence-corrected chi connectivity index (χ3v) is 7.34. The predicted molar refractivity (Wildman–Crippen MR) is 94.3 cm³/mol. The first-order valence-corrected chi connectivity index (χ1v) is 12.1. The topological polar surface area (TPSA) is 233 Å². The van der Waals surface area contributed by atoms with Crippen LogP contribution in [0, 0.1) is 0 Å². The molecule has 30 heavy (non-hydrogen) atoms. The van der Waals surface area contributed by atoms with Gasteiger partial charge < -0.3 is 14.7 Å². The molecule has 1 aliphatic heterocycles. The molecule has 2 rings (SSSR count). The molecule has 1 aromatic rings. The molecular formula is C11H18N2O14P3+. The number of aromatic nitrogens is 2. The van der Waals surface area contributed by atoms with Crippen LogP contribution in [0.4, 0.5) is 0 Å². The summed E-state index contributed by atoms with van der Waals surface area (Å²) in [7, 11) is -14.2. The van der Waals surface area contributed by atoms with Crippen LogP contribution in [-0.2, 0) is 42.7 Å². The van der Waals surface area contributed by atoms with Crippen molar-refractivity contribution >= 4 is 23.9 Å². The Morgan fingerprint density at radius 2 is 2.00 bits per heavy atom. The van der Waals surface area contributed by atoms with Gasteiger partial charge in [-0.1, -0.05) is 6.92 Å². The van der Waals surface area contributed by atoms with Crippen LogP contribution in [0.3, 0.4) is 0 Å². The Labute approximate surface area is 168 Å². The first kappa shape index (κ1) is 25.1. The third-order valence-electron chi connectivity index (χ3n) is 3.76. The molecule has 0 aliphatic carbocycles. The summed E-state index contributed by atoms with van der Waals surface area (Å²) in [6.45, 7) is 1.06. The zero-order chi connectivity index (χ0) is 22.7. The highest BCUT2D eigenvalue weighted by Crippen LogP contribution is 2.63. The number of rotatable bonds is 10. The van der Waals surface area contributed by atoms with Crippen LogP contribution in [-0.4, -0.2) is 48.5 Å². The van der Waals surface area contributed by atoms with Crippen LogP contribution in [0.2, 0.25) is 0 Å². The van der Waals surface area contributed by atoms with Crippen LogP contribution in [0.5, 0.6) is 0 Å². The number of ether oxygens (including phenoxy) is 1. The molecule has 1 aromatic heterocycles. The standard InChI is InChI=1S/C11H17N2O14P3/c1-2-6-4-13(11(16)12-10(6)15)9-3-7(14)8(24-9)5-23-28(18)26-30(21,22)27-29(19,20)25-17/h4,7-9,14H,2-3,5H2,1H3,(H3-,12,15,16,17,19,20,21,22)/p+1/t7-,8+,9-/m0/s1. The van der Waals surface area contributed by atoms with Crippen molar-refractivity contribution in [1.82, 2.24) is 9.55 Å². The van der Waals surface area contributed by atoms with Gasteiger partial charge in [-0.05, 0) is 10.7 Å². The van der Waals surface area contributed by atoms with Gasteiger partial charge in [0.1, 0.15) is 18.9 Å². The maximum Gasteiger partial charge on any atom is 0.708 e. The van der Waals surface area contributed by atoms with Gasteiger partial charge >= 0.3 is 29.6 Å². The molecule has 0 radical (unpaired) electrons. The second-order valence-electron chi connectivity index (χ2n) is 5.81. The molecule has 0 saturated carbocycles. The van der Waals surface area contributed by atoms with Crippen molar-refractivity contribution in [1.29, 1.82) is 0 Å². The van der Waals surface area contributed by atoms with Crippen LogP contribution in [0.25, 0.3) is 0 Å². The number of aromatic amines is 1. The number of H-pyrrole nitrogens is 1. The van der Waals surface area contributed by atoms with E-state index < -0.39 is 60.2 Å². The van der Waals surface area contributed by atoms with E-state index in [4.69, 9.17) is 19.8 Å². The number of aryl methyl sites for hydroxylation is 1. The molecule has 19 heteroatoms. The Balaban J connectivity index is 1.97. The summed E-state index contributed by atoms with van der Waals surface area (Å²) in [6.07, 6.45) is -1.83. The fourth-order valence-electron chi connectivity index (χ4n) is 2.43. The number of nitrogens with zero attached hydrogens (tertiary/aromatic N) is 1. The van der Waals surface area contributed by atoms with Gasteiger partial charge in [-0.15, -0.1) is 9.20 Å². The van der Waals surface area contributed by atoms with Crippen molar-refractivity contribution in [3.05, 3.63) is 32.6 Å². The van der Waals surface area contributed by atoms with E-state index >= 15 is 0 Å². The zero-order valence-corrected chi connectivity index (χ0v) is 17.8. The van der Waals surface area contributed by atoms with Crippen molar-refractivity contribution in [3.63, 3.8) is 0 Å². The van der Waals surface area contributed by atoms with E-state index in [-0.39, 0.29) is 6.42 Å². The fourth-order valence-corrected chi connectivity index (χ4v) is 5.11. The molecule has 0 aromatic carbocycles. The van der Waals surface area contributed by atoms with Gasteiger partial charge in [-0.2, -0.15) is 4.31 Å². The van der Waals surface area contributed by atoms with Gasteiger partial charge in [0.2, 0.25) is 0 Å². The second kappa shape index (κ2) is 10.0. The minimum absolute atomic E-state index is 0.0933. The maximum atomic E-state index is 12.0. The van der Waals surface area contributed by atoms with Crippen molar-refractivity contribution in [2.75, 3.05) is 6.61 Å². The van der Waals surface area contributed by atoms with Gasteiger partial charge in [0.05, 0.1) is 6.10 Å². The first-order chi connectivity index (χ1) is 13.9. The Bertz CT molecular complexity index is 990. The molecule has 0 amide bonds. The Kier molecular flexibility index (Phi) is 8.38. The highest BCUT2D eigenvalue weighted by molar-refractivity contribution is 7.64. The maximum absolute atomic E-state index is 12.0. The van der Waals surface area contributed by atoms with E-state index in [0.29, 0.717) is 12.0 Å². The van der Waals surface area contributed by atoms with Gasteiger partial charge in [-0.25, -0.2) is 19.2 Å². The molecule has 170 valence electrons. The Hall–Kier alpha value is -1.12. The van der Waals surface area contributed by atoms with Crippen LogP contribution >= 0.6 is 23.9 Å². The molecule has 1 saturated heterocycles. The highest BCUT2D eigenvalue weighted by Gasteiger charge is 2.46. The molecule has 2 heterocycles. The number of hydrogen-bond acceptors (Lipinski definition) is 12. The molecule has 5 N–H and O–H groups in total. The second-order valence-corrected chi connectivity index (χ2v) is 9.86. The predicted octanol–water partition coefficient (Wildman–Crippen LogP) is 0.145. The van der Waals surface area contributed by atoms with Crippen molar-refractivity contribution in [3.8, 4) is 0 Å². The zero-order valence-electron chi connectivity index (χ0n) is 15.1. The average Bonchev–Trinajstić information content (AvgIpc) is 2.99. The number of aliphatic hydroxyl groups is 1. The van der Waals surface area contributed by atoms with Gasteiger partial charge in [0.15, 0.2) is 0 Å². The summed E-state index contributed by atoms with van der Waals surface area (Å²) < 4.78 is 55.5. The fraction of sp³-hybridized carbons (Fsp3) is 0.636.